The fraction of sp³-hybridized carbons (Fsp3) is 0.0714. The summed E-state index contributed by atoms with van der Waals surface area (Å²) in [5.41, 5.74) is 3.95. The minimum atomic E-state index is -0.451. The molecule has 0 aliphatic rings. The number of rotatable bonds is 4. The Morgan fingerprint density at radius 1 is 1.11 bits per heavy atom. The average Bonchev–Trinajstić information content (AvgIpc) is 2.41. The van der Waals surface area contributed by atoms with E-state index in [0.29, 0.717) is 11.3 Å². The second kappa shape index (κ2) is 5.95. The SMILES string of the molecule is COc1ccc(/C=N\Nc2ccc(F)cc2)cc1F. The molecule has 0 unspecified atom stereocenters. The van der Waals surface area contributed by atoms with Gasteiger partial charge in [0.15, 0.2) is 11.6 Å². The number of benzene rings is 2. The van der Waals surface area contributed by atoms with Crippen LogP contribution in [0.2, 0.25) is 0 Å². The van der Waals surface area contributed by atoms with Gasteiger partial charge in [-0.2, -0.15) is 5.10 Å². The maximum absolute atomic E-state index is 13.4. The molecule has 0 atom stereocenters. The monoisotopic (exact) mass is 262 g/mol. The zero-order valence-corrected chi connectivity index (χ0v) is 10.2. The van der Waals surface area contributed by atoms with E-state index in [2.05, 4.69) is 10.5 Å². The molecule has 0 aromatic heterocycles. The summed E-state index contributed by atoms with van der Waals surface area (Å²) in [5, 5.41) is 3.93. The highest BCUT2D eigenvalue weighted by atomic mass is 19.1. The molecule has 3 nitrogen and oxygen atoms in total. The summed E-state index contributed by atoms with van der Waals surface area (Å²) < 4.78 is 30.9. The fourth-order valence-corrected chi connectivity index (χ4v) is 1.47. The normalized spacial score (nSPS) is 10.7. The molecule has 0 saturated carbocycles. The number of halogens is 2. The summed E-state index contributed by atoms with van der Waals surface area (Å²) in [5.74, 6) is -0.580. The maximum atomic E-state index is 13.4. The second-order valence-electron chi connectivity index (χ2n) is 3.77. The molecule has 0 amide bonds. The molecule has 1 N–H and O–H groups in total. The molecule has 0 bridgehead atoms. The number of nitrogens with zero attached hydrogens (tertiary/aromatic N) is 1. The van der Waals surface area contributed by atoms with E-state index in [1.54, 1.807) is 18.2 Å². The zero-order valence-electron chi connectivity index (χ0n) is 10.2. The minimum absolute atomic E-state index is 0.184. The summed E-state index contributed by atoms with van der Waals surface area (Å²) in [6.45, 7) is 0. The standard InChI is InChI=1S/C14H12F2N2O/c1-19-14-7-2-10(8-13(14)16)9-17-18-12-5-3-11(15)4-6-12/h2-9,18H,1H3/b17-9-. The van der Waals surface area contributed by atoms with Crippen LogP contribution in [0.3, 0.4) is 0 Å². The Balaban J connectivity index is 2.02. The Hall–Kier alpha value is -2.43. The van der Waals surface area contributed by atoms with Crippen LogP contribution in [-0.4, -0.2) is 13.3 Å². The summed E-state index contributed by atoms with van der Waals surface area (Å²) in [6, 6.07) is 10.3. The van der Waals surface area contributed by atoms with Crippen LogP contribution in [-0.2, 0) is 0 Å². The van der Waals surface area contributed by atoms with Gasteiger partial charge in [-0.05, 0) is 48.0 Å². The lowest BCUT2D eigenvalue weighted by Crippen LogP contribution is -1.93. The molecule has 2 aromatic carbocycles. The number of anilines is 1. The third kappa shape index (κ3) is 3.51. The molecule has 0 fully saturated rings. The molecule has 2 aromatic rings. The molecule has 0 heterocycles. The van der Waals surface area contributed by atoms with Crippen molar-refractivity contribution in [1.82, 2.24) is 0 Å². The first-order chi connectivity index (χ1) is 9.19. The molecule has 5 heteroatoms. The van der Waals surface area contributed by atoms with Gasteiger partial charge in [0.1, 0.15) is 5.82 Å². The molecule has 0 spiro atoms. The highest BCUT2D eigenvalue weighted by Crippen LogP contribution is 2.16. The fourth-order valence-electron chi connectivity index (χ4n) is 1.47. The molecule has 2 rings (SSSR count). The van der Waals surface area contributed by atoms with Crippen LogP contribution in [0, 0.1) is 11.6 Å². The van der Waals surface area contributed by atoms with Gasteiger partial charge in [0.2, 0.25) is 0 Å². The van der Waals surface area contributed by atoms with Crippen molar-refractivity contribution in [2.45, 2.75) is 0 Å². The molecular formula is C14H12F2N2O. The van der Waals surface area contributed by atoms with Gasteiger partial charge >= 0.3 is 0 Å². The summed E-state index contributed by atoms with van der Waals surface area (Å²) in [7, 11) is 1.41. The topological polar surface area (TPSA) is 33.6 Å². The van der Waals surface area contributed by atoms with Crippen LogP contribution in [0.1, 0.15) is 5.56 Å². The highest BCUT2D eigenvalue weighted by molar-refractivity contribution is 5.80. The molecule has 0 radical (unpaired) electrons. The molecule has 0 aliphatic heterocycles. The molecule has 0 saturated heterocycles. The molecule has 19 heavy (non-hydrogen) atoms. The van der Waals surface area contributed by atoms with Crippen LogP contribution in [0.5, 0.6) is 5.75 Å². The smallest absolute Gasteiger partial charge is 0.165 e. The van der Waals surface area contributed by atoms with E-state index in [9.17, 15) is 8.78 Å². The first-order valence-corrected chi connectivity index (χ1v) is 5.57. The van der Waals surface area contributed by atoms with Gasteiger partial charge in [-0.1, -0.05) is 0 Å². The van der Waals surface area contributed by atoms with Gasteiger partial charge in [-0.25, -0.2) is 8.78 Å². The van der Waals surface area contributed by atoms with Crippen molar-refractivity contribution in [1.29, 1.82) is 0 Å². The Morgan fingerprint density at radius 3 is 2.47 bits per heavy atom. The molecule has 0 aliphatic carbocycles. The van der Waals surface area contributed by atoms with Gasteiger partial charge in [0, 0.05) is 0 Å². The summed E-state index contributed by atoms with van der Waals surface area (Å²) in [4.78, 5) is 0. The number of ether oxygens (including phenoxy) is 1. The quantitative estimate of drug-likeness (QED) is 0.676. The number of hydrogen-bond donors (Lipinski definition) is 1. The lowest BCUT2D eigenvalue weighted by Gasteiger charge is -2.02. The molecular weight excluding hydrogens is 250 g/mol. The first kappa shape index (κ1) is 13.0. The van der Waals surface area contributed by atoms with E-state index in [4.69, 9.17) is 4.74 Å². The Labute approximate surface area is 109 Å². The Morgan fingerprint density at radius 2 is 1.84 bits per heavy atom. The van der Waals surface area contributed by atoms with Gasteiger partial charge in [-0.3, -0.25) is 5.43 Å². The van der Waals surface area contributed by atoms with Crippen molar-refractivity contribution < 1.29 is 13.5 Å². The largest absolute Gasteiger partial charge is 0.494 e. The van der Waals surface area contributed by atoms with Crippen LogP contribution < -0.4 is 10.2 Å². The third-order valence-electron chi connectivity index (χ3n) is 2.43. The van der Waals surface area contributed by atoms with Crippen LogP contribution >= 0.6 is 0 Å². The van der Waals surface area contributed by atoms with Crippen molar-refractivity contribution >= 4 is 11.9 Å². The van der Waals surface area contributed by atoms with Gasteiger partial charge in [0.05, 0.1) is 19.0 Å². The minimum Gasteiger partial charge on any atom is -0.494 e. The van der Waals surface area contributed by atoms with Crippen molar-refractivity contribution in [3.63, 3.8) is 0 Å². The van der Waals surface area contributed by atoms with E-state index in [-0.39, 0.29) is 11.6 Å². The first-order valence-electron chi connectivity index (χ1n) is 5.57. The van der Waals surface area contributed by atoms with Crippen LogP contribution in [0.4, 0.5) is 14.5 Å². The second-order valence-corrected chi connectivity index (χ2v) is 3.77. The average molecular weight is 262 g/mol. The maximum Gasteiger partial charge on any atom is 0.165 e. The van der Waals surface area contributed by atoms with Crippen molar-refractivity contribution in [2.24, 2.45) is 5.10 Å². The Bertz CT molecular complexity index is 582. The summed E-state index contributed by atoms with van der Waals surface area (Å²) in [6.07, 6.45) is 1.46. The summed E-state index contributed by atoms with van der Waals surface area (Å²) >= 11 is 0. The van der Waals surface area contributed by atoms with Gasteiger partial charge in [-0.15, -0.1) is 0 Å². The van der Waals surface area contributed by atoms with Gasteiger partial charge < -0.3 is 4.74 Å². The van der Waals surface area contributed by atoms with E-state index in [1.165, 1.54) is 37.6 Å². The third-order valence-corrected chi connectivity index (χ3v) is 2.43. The van der Waals surface area contributed by atoms with E-state index in [1.807, 2.05) is 0 Å². The number of hydrazone groups is 1. The van der Waals surface area contributed by atoms with Crippen molar-refractivity contribution in [2.75, 3.05) is 12.5 Å². The van der Waals surface area contributed by atoms with Crippen molar-refractivity contribution in [3.8, 4) is 5.75 Å². The number of nitrogens with one attached hydrogen (secondary N) is 1. The lowest BCUT2D eigenvalue weighted by atomic mass is 10.2. The Kier molecular flexibility index (Phi) is 4.07. The number of hydrogen-bond acceptors (Lipinski definition) is 3. The van der Waals surface area contributed by atoms with Crippen LogP contribution in [0.25, 0.3) is 0 Å². The predicted molar refractivity (Wildman–Crippen MR) is 70.6 cm³/mol. The van der Waals surface area contributed by atoms with Crippen molar-refractivity contribution in [3.05, 3.63) is 59.7 Å². The lowest BCUT2D eigenvalue weighted by molar-refractivity contribution is 0.386. The van der Waals surface area contributed by atoms with E-state index < -0.39 is 5.82 Å². The van der Waals surface area contributed by atoms with Crippen LogP contribution in [0.15, 0.2) is 47.6 Å². The molecule has 98 valence electrons. The number of methoxy groups -OCH3 is 1. The van der Waals surface area contributed by atoms with E-state index >= 15 is 0 Å². The highest BCUT2D eigenvalue weighted by Gasteiger charge is 2.01. The predicted octanol–water partition coefficient (Wildman–Crippen LogP) is 3.42. The van der Waals surface area contributed by atoms with Gasteiger partial charge in [0.25, 0.3) is 0 Å². The van der Waals surface area contributed by atoms with E-state index in [0.717, 1.165) is 0 Å². The zero-order chi connectivity index (χ0) is 13.7.